The minimum absolute atomic E-state index is 0.194. The zero-order chi connectivity index (χ0) is 14.0. The molecular formula is C14H17N2O2Si. The summed E-state index contributed by atoms with van der Waals surface area (Å²) in [5.74, 6) is 0. The predicted octanol–water partition coefficient (Wildman–Crippen LogP) is 0.845. The second kappa shape index (κ2) is 5.42. The number of nitrogens with zero attached hydrogens (tertiary/aromatic N) is 1. The van der Waals surface area contributed by atoms with Crippen LogP contribution >= 0.6 is 0 Å². The molecule has 19 heavy (non-hydrogen) atoms. The van der Waals surface area contributed by atoms with E-state index in [1.807, 2.05) is 31.2 Å². The van der Waals surface area contributed by atoms with Crippen molar-refractivity contribution >= 4 is 19.9 Å². The number of anilines is 1. The number of benzene rings is 1. The third-order valence-electron chi connectivity index (χ3n) is 3.08. The van der Waals surface area contributed by atoms with Crippen molar-refractivity contribution in [2.24, 2.45) is 7.05 Å². The molecule has 4 nitrogen and oxygen atoms in total. The van der Waals surface area contributed by atoms with Gasteiger partial charge < -0.3 is 15.1 Å². The molecule has 0 aliphatic carbocycles. The van der Waals surface area contributed by atoms with Gasteiger partial charge >= 0.3 is 0 Å². The molecule has 2 rings (SSSR count). The van der Waals surface area contributed by atoms with Gasteiger partial charge in [-0.25, -0.2) is 0 Å². The van der Waals surface area contributed by atoms with Gasteiger partial charge in [-0.15, -0.1) is 0 Å². The van der Waals surface area contributed by atoms with Crippen LogP contribution in [0, 0.1) is 0 Å². The first-order valence-corrected chi connectivity index (χ1v) is 7.80. The lowest BCUT2D eigenvalue weighted by atomic mass is 10.1. The van der Waals surface area contributed by atoms with Crippen molar-refractivity contribution in [3.05, 3.63) is 46.9 Å². The van der Waals surface area contributed by atoms with Gasteiger partial charge in [0.1, 0.15) is 0 Å². The normalized spacial score (nSPS) is 10.9. The third kappa shape index (κ3) is 2.77. The highest BCUT2D eigenvalue weighted by molar-refractivity contribution is 6.66. The Morgan fingerprint density at radius 2 is 2.05 bits per heavy atom. The van der Waals surface area contributed by atoms with E-state index in [9.17, 15) is 9.59 Å². The zero-order valence-corrected chi connectivity index (χ0v) is 12.1. The topological polar surface area (TPSA) is 68.2 Å². The first-order valence-electron chi connectivity index (χ1n) is 6.14. The van der Waals surface area contributed by atoms with Gasteiger partial charge in [0.25, 0.3) is 5.56 Å². The van der Waals surface area contributed by atoms with Gasteiger partial charge in [-0.1, -0.05) is 31.2 Å². The van der Waals surface area contributed by atoms with Crippen LogP contribution in [0.25, 0.3) is 11.1 Å². The number of nitrogens with two attached hydrogens (primary N) is 1. The molecule has 0 bridgehead atoms. The smallest absolute Gasteiger partial charge is 0.273 e. The Morgan fingerprint density at radius 3 is 2.68 bits per heavy atom. The van der Waals surface area contributed by atoms with Crippen molar-refractivity contribution < 1.29 is 4.80 Å². The number of hydrogen-bond donors (Lipinski definition) is 2. The van der Waals surface area contributed by atoms with Gasteiger partial charge in [0.15, 0.2) is 0 Å². The quantitative estimate of drug-likeness (QED) is 0.815. The van der Waals surface area contributed by atoms with E-state index in [0.29, 0.717) is 0 Å². The summed E-state index contributed by atoms with van der Waals surface area (Å²) in [5.41, 5.74) is 7.59. The van der Waals surface area contributed by atoms with Gasteiger partial charge in [0.05, 0.1) is 5.69 Å². The second-order valence-electron chi connectivity index (χ2n) is 4.48. The molecule has 0 saturated carbocycles. The number of pyridine rings is 1. The van der Waals surface area contributed by atoms with E-state index in [4.69, 9.17) is 5.73 Å². The molecule has 1 aromatic heterocycles. The Hall–Kier alpha value is -1.85. The van der Waals surface area contributed by atoms with Gasteiger partial charge in [0.2, 0.25) is 9.04 Å². The Labute approximate surface area is 113 Å². The maximum absolute atomic E-state index is 11.6. The molecule has 1 aromatic carbocycles. The van der Waals surface area contributed by atoms with E-state index in [2.05, 4.69) is 0 Å². The van der Waals surface area contributed by atoms with E-state index < -0.39 is 9.04 Å². The van der Waals surface area contributed by atoms with Gasteiger partial charge in [0, 0.05) is 18.8 Å². The summed E-state index contributed by atoms with van der Waals surface area (Å²) in [6.45, 7) is 1.98. The number of aryl methyl sites for hydroxylation is 1. The molecule has 0 unspecified atom stereocenters. The van der Waals surface area contributed by atoms with Crippen molar-refractivity contribution in [3.63, 3.8) is 0 Å². The van der Waals surface area contributed by atoms with Crippen molar-refractivity contribution in [3.8, 4) is 11.1 Å². The minimum atomic E-state index is -1.46. The molecule has 3 N–H and O–H groups in total. The first kappa shape index (κ1) is 13.6. The molecule has 99 valence electrons. The molecule has 0 saturated heterocycles. The molecule has 0 fully saturated rings. The summed E-state index contributed by atoms with van der Waals surface area (Å²) in [6, 6.07) is 10.2. The Morgan fingerprint density at radius 1 is 1.32 bits per heavy atom. The predicted molar refractivity (Wildman–Crippen MR) is 79.6 cm³/mol. The van der Waals surface area contributed by atoms with Gasteiger partial charge in [-0.2, -0.15) is 0 Å². The lowest BCUT2D eigenvalue weighted by Gasteiger charge is -2.09. The van der Waals surface area contributed by atoms with Crippen LogP contribution < -0.4 is 16.5 Å². The van der Waals surface area contributed by atoms with Crippen LogP contribution in [0.3, 0.4) is 0 Å². The number of hydrogen-bond acceptors (Lipinski definition) is 3. The lowest BCUT2D eigenvalue weighted by molar-refractivity contribution is 0.586. The molecule has 0 amide bonds. The van der Waals surface area contributed by atoms with Crippen LogP contribution in [-0.4, -0.2) is 18.4 Å². The molecule has 5 heteroatoms. The molecule has 0 aliphatic heterocycles. The first-order chi connectivity index (χ1) is 9.02. The largest absolute Gasteiger partial charge is 0.427 e. The third-order valence-corrected chi connectivity index (χ3v) is 4.72. The summed E-state index contributed by atoms with van der Waals surface area (Å²) in [5, 5.41) is 0.970. The molecular weight excluding hydrogens is 256 g/mol. The maximum atomic E-state index is 11.6. The summed E-state index contributed by atoms with van der Waals surface area (Å²) < 4.78 is 1.47. The van der Waals surface area contributed by atoms with Crippen molar-refractivity contribution in [1.29, 1.82) is 0 Å². The molecule has 0 aliphatic rings. The standard InChI is InChI=1S/C14H17N2O2Si/c1-3-19(18)12-6-4-5-10(7-12)11-8-13(15)14(17)16(2)9-11/h4-9,18H,3,15H2,1-2H3. The van der Waals surface area contributed by atoms with Crippen LogP contribution in [0.2, 0.25) is 6.04 Å². The fraction of sp³-hybridized carbons (Fsp3) is 0.214. The highest BCUT2D eigenvalue weighted by atomic mass is 28.3. The molecule has 0 spiro atoms. The van der Waals surface area contributed by atoms with Crippen molar-refractivity contribution in [1.82, 2.24) is 4.57 Å². The Bertz CT molecular complexity index is 626. The van der Waals surface area contributed by atoms with Crippen LogP contribution in [0.4, 0.5) is 5.69 Å². The molecule has 2 aromatic rings. The van der Waals surface area contributed by atoms with Gasteiger partial charge in [-0.3, -0.25) is 4.79 Å². The summed E-state index contributed by atoms with van der Waals surface area (Å²) in [6.07, 6.45) is 1.76. The van der Waals surface area contributed by atoms with Crippen LogP contribution in [0.1, 0.15) is 6.92 Å². The molecule has 0 atom stereocenters. The molecule has 1 radical (unpaired) electrons. The fourth-order valence-corrected chi connectivity index (χ4v) is 3.00. The van der Waals surface area contributed by atoms with Crippen molar-refractivity contribution in [2.45, 2.75) is 13.0 Å². The summed E-state index contributed by atoms with van der Waals surface area (Å²) >= 11 is 0. The highest BCUT2D eigenvalue weighted by Crippen LogP contribution is 2.18. The summed E-state index contributed by atoms with van der Waals surface area (Å²) in [7, 11) is 0.216. The van der Waals surface area contributed by atoms with E-state index >= 15 is 0 Å². The fourth-order valence-electron chi connectivity index (χ4n) is 1.98. The minimum Gasteiger partial charge on any atom is -0.427 e. The maximum Gasteiger partial charge on any atom is 0.273 e. The van der Waals surface area contributed by atoms with Crippen LogP contribution in [0.5, 0.6) is 0 Å². The van der Waals surface area contributed by atoms with E-state index in [0.717, 1.165) is 22.4 Å². The lowest BCUT2D eigenvalue weighted by Crippen LogP contribution is -2.28. The van der Waals surface area contributed by atoms with Gasteiger partial charge in [-0.05, 0) is 22.9 Å². The van der Waals surface area contributed by atoms with E-state index in [1.165, 1.54) is 4.57 Å². The number of rotatable bonds is 3. The zero-order valence-electron chi connectivity index (χ0n) is 11.1. The Balaban J connectivity index is 2.50. The SMILES string of the molecule is CC[Si](O)c1cccc(-c2cc(N)c(=O)n(C)c2)c1. The van der Waals surface area contributed by atoms with E-state index in [1.54, 1.807) is 19.3 Å². The van der Waals surface area contributed by atoms with E-state index in [-0.39, 0.29) is 11.2 Å². The highest BCUT2D eigenvalue weighted by Gasteiger charge is 2.10. The average Bonchev–Trinajstić information content (AvgIpc) is 2.43. The Kier molecular flexibility index (Phi) is 3.87. The molecule has 1 heterocycles. The number of nitrogen functional groups attached to an aromatic ring is 1. The number of aromatic nitrogens is 1. The van der Waals surface area contributed by atoms with Crippen LogP contribution in [-0.2, 0) is 7.05 Å². The van der Waals surface area contributed by atoms with Crippen molar-refractivity contribution in [2.75, 3.05) is 5.73 Å². The average molecular weight is 273 g/mol. The second-order valence-corrected chi connectivity index (χ2v) is 6.66. The van der Waals surface area contributed by atoms with Crippen LogP contribution in [0.15, 0.2) is 41.3 Å². The summed E-state index contributed by atoms with van der Waals surface area (Å²) in [4.78, 5) is 21.6. The monoisotopic (exact) mass is 273 g/mol.